The summed E-state index contributed by atoms with van der Waals surface area (Å²) in [5.74, 6) is 0.848. The summed E-state index contributed by atoms with van der Waals surface area (Å²) in [6.45, 7) is 3.33. The molecule has 1 saturated heterocycles. The van der Waals surface area contributed by atoms with Crippen LogP contribution in [0.5, 0.6) is 0 Å². The van der Waals surface area contributed by atoms with Gasteiger partial charge in [-0.15, -0.1) is 10.2 Å². The van der Waals surface area contributed by atoms with E-state index in [0.29, 0.717) is 18.7 Å². The first-order chi connectivity index (χ1) is 12.8. The van der Waals surface area contributed by atoms with Gasteiger partial charge in [-0.1, -0.05) is 12.1 Å². The molecule has 6 heteroatoms. The van der Waals surface area contributed by atoms with Crippen LogP contribution in [0.4, 0.5) is 5.82 Å². The van der Waals surface area contributed by atoms with Gasteiger partial charge < -0.3 is 15.0 Å². The molecular formula is C20H26N4O2. The Morgan fingerprint density at radius 2 is 2.00 bits per heavy atom. The molecule has 1 aliphatic rings. The fourth-order valence-corrected chi connectivity index (χ4v) is 3.11. The molecule has 138 valence electrons. The predicted octanol–water partition coefficient (Wildman–Crippen LogP) is 2.90. The van der Waals surface area contributed by atoms with Crippen molar-refractivity contribution in [3.05, 3.63) is 42.0 Å². The molecule has 0 atom stereocenters. The first-order valence-corrected chi connectivity index (χ1v) is 9.24. The van der Waals surface area contributed by atoms with Crippen LogP contribution in [-0.2, 0) is 4.74 Å². The number of carbonyl (C=O) groups excluding carboxylic acids is 1. The number of benzene rings is 1. The Morgan fingerprint density at radius 1 is 1.15 bits per heavy atom. The Bertz CT molecular complexity index is 712. The molecule has 2 aromatic rings. The molecule has 1 N–H and O–H groups in total. The normalized spacial score (nSPS) is 14.3. The fourth-order valence-electron chi connectivity index (χ4n) is 3.11. The van der Waals surface area contributed by atoms with E-state index >= 15 is 0 Å². The molecule has 1 aromatic carbocycles. The molecule has 26 heavy (non-hydrogen) atoms. The monoisotopic (exact) mass is 354 g/mol. The van der Waals surface area contributed by atoms with E-state index in [4.69, 9.17) is 4.74 Å². The van der Waals surface area contributed by atoms with Gasteiger partial charge in [-0.2, -0.15) is 0 Å². The number of aromatic nitrogens is 2. The smallest absolute Gasteiger partial charge is 0.251 e. The quantitative estimate of drug-likeness (QED) is 0.775. The maximum Gasteiger partial charge on any atom is 0.251 e. The highest BCUT2D eigenvalue weighted by molar-refractivity contribution is 5.95. The molecule has 2 heterocycles. The molecule has 0 radical (unpaired) electrons. The lowest BCUT2D eigenvalue weighted by molar-refractivity contribution is 0.0948. The van der Waals surface area contributed by atoms with Crippen LogP contribution in [0, 0.1) is 0 Å². The molecule has 1 amide bonds. The lowest BCUT2D eigenvalue weighted by atomic mass is 10.1. The minimum Gasteiger partial charge on any atom is -0.385 e. The highest BCUT2D eigenvalue weighted by atomic mass is 16.5. The number of piperidine rings is 1. The molecule has 0 unspecified atom stereocenters. The SMILES string of the molecule is COCCCNC(=O)c1cccc(-c2ccc(N3CCCCC3)nn2)c1. The van der Waals surface area contributed by atoms with E-state index in [1.807, 2.05) is 36.4 Å². The number of nitrogens with one attached hydrogen (secondary N) is 1. The predicted molar refractivity (Wildman–Crippen MR) is 102 cm³/mol. The summed E-state index contributed by atoms with van der Waals surface area (Å²) in [4.78, 5) is 14.5. The van der Waals surface area contributed by atoms with Crippen molar-refractivity contribution in [3.63, 3.8) is 0 Å². The van der Waals surface area contributed by atoms with Gasteiger partial charge in [0, 0.05) is 44.5 Å². The van der Waals surface area contributed by atoms with Crippen molar-refractivity contribution in [3.8, 4) is 11.3 Å². The molecule has 0 bridgehead atoms. The molecule has 1 fully saturated rings. The zero-order valence-electron chi connectivity index (χ0n) is 15.3. The summed E-state index contributed by atoms with van der Waals surface area (Å²) in [5, 5.41) is 11.7. The molecule has 1 aliphatic heterocycles. The first-order valence-electron chi connectivity index (χ1n) is 9.24. The summed E-state index contributed by atoms with van der Waals surface area (Å²) in [5.41, 5.74) is 2.30. The van der Waals surface area contributed by atoms with E-state index in [1.54, 1.807) is 7.11 Å². The first kappa shape index (κ1) is 18.3. The van der Waals surface area contributed by atoms with Crippen LogP contribution in [0.15, 0.2) is 36.4 Å². The van der Waals surface area contributed by atoms with E-state index in [1.165, 1.54) is 19.3 Å². The standard InChI is InChI=1S/C20H26N4O2/c1-26-14-6-11-21-20(25)17-8-5-7-16(15-17)18-9-10-19(23-22-18)24-12-3-2-4-13-24/h5,7-10,15H,2-4,6,11-14H2,1H3,(H,21,25). The average molecular weight is 354 g/mol. The van der Waals surface area contributed by atoms with Crippen LogP contribution in [0.1, 0.15) is 36.0 Å². The van der Waals surface area contributed by atoms with Gasteiger partial charge in [-0.3, -0.25) is 4.79 Å². The summed E-state index contributed by atoms with van der Waals surface area (Å²) in [6, 6.07) is 11.5. The van der Waals surface area contributed by atoms with Crippen molar-refractivity contribution in [1.82, 2.24) is 15.5 Å². The van der Waals surface area contributed by atoms with E-state index in [9.17, 15) is 4.79 Å². The average Bonchev–Trinajstić information content (AvgIpc) is 2.72. The van der Waals surface area contributed by atoms with Crippen molar-refractivity contribution in [1.29, 1.82) is 0 Å². The number of hydrogen-bond donors (Lipinski definition) is 1. The third-order valence-electron chi connectivity index (χ3n) is 4.56. The number of nitrogens with zero attached hydrogens (tertiary/aromatic N) is 3. The third-order valence-corrected chi connectivity index (χ3v) is 4.56. The summed E-state index contributed by atoms with van der Waals surface area (Å²) < 4.78 is 4.99. The van der Waals surface area contributed by atoms with Crippen LogP contribution in [0.25, 0.3) is 11.3 Å². The number of ether oxygens (including phenoxy) is 1. The Kier molecular flexibility index (Phi) is 6.55. The number of amides is 1. The van der Waals surface area contributed by atoms with Gasteiger partial charge in [0.25, 0.3) is 5.91 Å². The highest BCUT2D eigenvalue weighted by Crippen LogP contribution is 2.21. The van der Waals surface area contributed by atoms with Crippen molar-refractivity contribution < 1.29 is 9.53 Å². The zero-order chi connectivity index (χ0) is 18.2. The van der Waals surface area contributed by atoms with Gasteiger partial charge in [0.1, 0.15) is 0 Å². The van der Waals surface area contributed by atoms with Crippen molar-refractivity contribution in [2.24, 2.45) is 0 Å². The molecule has 6 nitrogen and oxygen atoms in total. The topological polar surface area (TPSA) is 67.3 Å². The molecule has 0 aliphatic carbocycles. The van der Waals surface area contributed by atoms with Crippen LogP contribution in [0.3, 0.4) is 0 Å². The highest BCUT2D eigenvalue weighted by Gasteiger charge is 2.13. The minimum absolute atomic E-state index is 0.0825. The Morgan fingerprint density at radius 3 is 2.73 bits per heavy atom. The van der Waals surface area contributed by atoms with Gasteiger partial charge in [0.15, 0.2) is 5.82 Å². The molecule has 1 aromatic heterocycles. The van der Waals surface area contributed by atoms with Crippen LogP contribution in [0.2, 0.25) is 0 Å². The molecule has 0 saturated carbocycles. The second-order valence-corrected chi connectivity index (χ2v) is 6.51. The third kappa shape index (κ3) is 4.79. The Hall–Kier alpha value is -2.47. The minimum atomic E-state index is -0.0825. The Labute approximate surface area is 154 Å². The summed E-state index contributed by atoms with van der Waals surface area (Å²) in [7, 11) is 1.66. The van der Waals surface area contributed by atoms with E-state index in [2.05, 4.69) is 20.4 Å². The van der Waals surface area contributed by atoms with Gasteiger partial charge in [-0.05, 0) is 49.9 Å². The zero-order valence-corrected chi connectivity index (χ0v) is 15.3. The number of anilines is 1. The van der Waals surface area contributed by atoms with Gasteiger partial charge in [0.05, 0.1) is 5.69 Å². The van der Waals surface area contributed by atoms with Gasteiger partial charge in [-0.25, -0.2) is 0 Å². The van der Waals surface area contributed by atoms with E-state index in [-0.39, 0.29) is 5.91 Å². The fraction of sp³-hybridized carbons (Fsp3) is 0.450. The summed E-state index contributed by atoms with van der Waals surface area (Å²) in [6.07, 6.45) is 4.52. The van der Waals surface area contributed by atoms with E-state index < -0.39 is 0 Å². The molecule has 0 spiro atoms. The van der Waals surface area contributed by atoms with Crippen LogP contribution >= 0.6 is 0 Å². The van der Waals surface area contributed by atoms with Crippen molar-refractivity contribution in [2.45, 2.75) is 25.7 Å². The molecular weight excluding hydrogens is 328 g/mol. The summed E-state index contributed by atoms with van der Waals surface area (Å²) >= 11 is 0. The van der Waals surface area contributed by atoms with Gasteiger partial charge >= 0.3 is 0 Å². The lowest BCUT2D eigenvalue weighted by Gasteiger charge is -2.27. The lowest BCUT2D eigenvalue weighted by Crippen LogP contribution is -2.30. The van der Waals surface area contributed by atoms with Crippen LogP contribution < -0.4 is 10.2 Å². The second-order valence-electron chi connectivity index (χ2n) is 6.51. The largest absolute Gasteiger partial charge is 0.385 e. The number of methoxy groups -OCH3 is 1. The number of hydrogen-bond acceptors (Lipinski definition) is 5. The maximum atomic E-state index is 12.3. The van der Waals surface area contributed by atoms with Crippen molar-refractivity contribution >= 4 is 11.7 Å². The number of carbonyl (C=O) groups is 1. The second kappa shape index (κ2) is 9.29. The van der Waals surface area contributed by atoms with Crippen molar-refractivity contribution in [2.75, 3.05) is 38.3 Å². The van der Waals surface area contributed by atoms with Gasteiger partial charge in [0.2, 0.25) is 0 Å². The Balaban J connectivity index is 1.66. The number of rotatable bonds is 7. The van der Waals surface area contributed by atoms with Crippen LogP contribution in [-0.4, -0.2) is 49.5 Å². The van der Waals surface area contributed by atoms with E-state index in [0.717, 1.165) is 36.6 Å². The molecule has 3 rings (SSSR count). The maximum absolute atomic E-state index is 12.3.